The van der Waals surface area contributed by atoms with Crippen LogP contribution in [0.1, 0.15) is 0 Å². The smallest absolute Gasteiger partial charge is 0.241 e. The first-order valence-electron chi connectivity index (χ1n) is 5.07. The van der Waals surface area contributed by atoms with Crippen LogP contribution in [-0.4, -0.2) is 31.0 Å². The molecular formula is C9H8ClN7S2. The van der Waals surface area contributed by atoms with E-state index in [4.69, 9.17) is 23.1 Å². The zero-order valence-corrected chi connectivity index (χ0v) is 12.1. The van der Waals surface area contributed by atoms with Gasteiger partial charge in [0.1, 0.15) is 5.52 Å². The summed E-state index contributed by atoms with van der Waals surface area (Å²) in [4.78, 5) is 13.3. The maximum atomic E-state index is 5.96. The Morgan fingerprint density at radius 2 is 2.11 bits per heavy atom. The number of nitrogens with zero attached hydrogens (tertiary/aromatic N) is 5. The molecule has 7 nitrogen and oxygen atoms in total. The van der Waals surface area contributed by atoms with Gasteiger partial charge in [0.05, 0.1) is 4.70 Å². The Morgan fingerprint density at radius 3 is 2.74 bits per heavy atom. The van der Waals surface area contributed by atoms with Gasteiger partial charge in [0.2, 0.25) is 17.2 Å². The fraction of sp³-hybridized carbons (Fsp3) is 0.111. The van der Waals surface area contributed by atoms with Crippen molar-refractivity contribution in [3.63, 3.8) is 0 Å². The monoisotopic (exact) mass is 313 g/mol. The third kappa shape index (κ3) is 1.99. The molecule has 4 N–H and O–H groups in total. The Balaban J connectivity index is 2.34. The Kier molecular flexibility index (Phi) is 2.96. The minimum Gasteiger partial charge on any atom is -0.368 e. The van der Waals surface area contributed by atoms with Crippen LogP contribution in [0, 0.1) is 0 Å². The lowest BCUT2D eigenvalue weighted by Crippen LogP contribution is -2.05. The molecule has 10 heteroatoms. The first kappa shape index (κ1) is 12.5. The van der Waals surface area contributed by atoms with Crippen LogP contribution >= 0.6 is 34.7 Å². The zero-order valence-electron chi connectivity index (χ0n) is 9.66. The van der Waals surface area contributed by atoms with E-state index in [0.29, 0.717) is 5.82 Å². The minimum absolute atomic E-state index is 0.0852. The number of thioether (sulfide) groups is 1. The molecule has 0 aliphatic carbocycles. The average Bonchev–Trinajstić information content (AvgIpc) is 2.91. The van der Waals surface area contributed by atoms with Gasteiger partial charge in [-0.2, -0.15) is 14.6 Å². The number of thiophene rings is 1. The van der Waals surface area contributed by atoms with E-state index < -0.39 is 0 Å². The van der Waals surface area contributed by atoms with Crippen LogP contribution in [0.3, 0.4) is 0 Å². The lowest BCUT2D eigenvalue weighted by molar-refractivity contribution is 0.866. The maximum Gasteiger partial charge on any atom is 0.241 e. The summed E-state index contributed by atoms with van der Waals surface area (Å²) in [7, 11) is 0. The van der Waals surface area contributed by atoms with Crippen molar-refractivity contribution in [1.29, 1.82) is 0 Å². The summed E-state index contributed by atoms with van der Waals surface area (Å²) in [6.45, 7) is 0. The van der Waals surface area contributed by atoms with Gasteiger partial charge in [-0.1, -0.05) is 0 Å². The molecule has 0 saturated carbocycles. The highest BCUT2D eigenvalue weighted by molar-refractivity contribution is 7.99. The topological polar surface area (TPSA) is 109 Å². The molecule has 0 bridgehead atoms. The van der Waals surface area contributed by atoms with Crippen molar-refractivity contribution in [1.82, 2.24) is 24.7 Å². The SMILES string of the molecule is CSc1csc2c(-n3nc(N)nc3N)nc(Cl)nc12. The van der Waals surface area contributed by atoms with E-state index in [9.17, 15) is 0 Å². The number of fused-ring (bicyclic) bond motifs is 1. The van der Waals surface area contributed by atoms with Crippen molar-refractivity contribution in [2.75, 3.05) is 17.7 Å². The highest BCUT2D eigenvalue weighted by Gasteiger charge is 2.17. The maximum absolute atomic E-state index is 5.96. The first-order chi connectivity index (χ1) is 9.10. The molecule has 0 unspecified atom stereocenters. The molecule has 0 aliphatic rings. The Labute approximate surface area is 121 Å². The third-order valence-corrected chi connectivity index (χ3v) is 4.44. The highest BCUT2D eigenvalue weighted by atomic mass is 35.5. The first-order valence-corrected chi connectivity index (χ1v) is 7.55. The predicted molar refractivity (Wildman–Crippen MR) is 77.9 cm³/mol. The summed E-state index contributed by atoms with van der Waals surface area (Å²) >= 11 is 9.04. The second-order valence-corrected chi connectivity index (χ2v) is 5.60. The molecule has 0 fully saturated rings. The predicted octanol–water partition coefficient (Wildman–Crippen LogP) is 1.81. The second kappa shape index (κ2) is 4.51. The van der Waals surface area contributed by atoms with Crippen LogP contribution in [0.25, 0.3) is 16.0 Å². The number of halogens is 1. The molecule has 0 amide bonds. The van der Waals surface area contributed by atoms with Gasteiger partial charge in [-0.3, -0.25) is 0 Å². The number of hydrogen-bond donors (Lipinski definition) is 2. The summed E-state index contributed by atoms with van der Waals surface area (Å²) in [6.07, 6.45) is 1.97. The quantitative estimate of drug-likeness (QED) is 0.548. The lowest BCUT2D eigenvalue weighted by atomic mass is 10.4. The van der Waals surface area contributed by atoms with Gasteiger partial charge in [-0.05, 0) is 17.9 Å². The van der Waals surface area contributed by atoms with Gasteiger partial charge in [0.25, 0.3) is 0 Å². The van der Waals surface area contributed by atoms with Gasteiger partial charge in [0, 0.05) is 10.3 Å². The van der Waals surface area contributed by atoms with E-state index in [1.54, 1.807) is 11.8 Å². The molecule has 0 aromatic carbocycles. The number of aromatic nitrogens is 5. The third-order valence-electron chi connectivity index (χ3n) is 2.41. The molecule has 0 radical (unpaired) electrons. The van der Waals surface area contributed by atoms with Crippen molar-refractivity contribution >= 4 is 56.8 Å². The molecule has 3 aromatic rings. The van der Waals surface area contributed by atoms with Crippen molar-refractivity contribution < 1.29 is 0 Å². The molecule has 0 aliphatic heterocycles. The summed E-state index contributed by atoms with van der Waals surface area (Å²) in [5.74, 6) is 0.733. The van der Waals surface area contributed by atoms with Gasteiger partial charge in [-0.25, -0.2) is 4.98 Å². The average molecular weight is 314 g/mol. The number of nitrogen functional groups attached to an aromatic ring is 2. The van der Waals surface area contributed by atoms with E-state index in [-0.39, 0.29) is 17.2 Å². The standard InChI is InChI=1S/C9H8ClN7S2/c1-18-3-2-19-5-4(3)13-7(10)14-6(5)17-9(12)15-8(11)16-17/h2H,1H3,(H4,11,12,15,16). The van der Waals surface area contributed by atoms with Crippen LogP contribution in [0.2, 0.25) is 5.28 Å². The molecular weight excluding hydrogens is 306 g/mol. The van der Waals surface area contributed by atoms with Gasteiger partial charge < -0.3 is 11.5 Å². The summed E-state index contributed by atoms with van der Waals surface area (Å²) in [6, 6.07) is 0. The van der Waals surface area contributed by atoms with E-state index in [0.717, 1.165) is 15.1 Å². The van der Waals surface area contributed by atoms with E-state index in [2.05, 4.69) is 20.1 Å². The molecule has 0 saturated heterocycles. The largest absolute Gasteiger partial charge is 0.368 e. The number of nitrogens with two attached hydrogens (primary N) is 2. The number of anilines is 2. The molecule has 0 spiro atoms. The molecule has 19 heavy (non-hydrogen) atoms. The van der Waals surface area contributed by atoms with Crippen LogP contribution < -0.4 is 11.5 Å². The van der Waals surface area contributed by atoms with Crippen LogP contribution in [-0.2, 0) is 0 Å². The Hall–Kier alpha value is -1.58. The molecule has 0 atom stereocenters. The van der Waals surface area contributed by atoms with Crippen LogP contribution in [0.5, 0.6) is 0 Å². The number of rotatable bonds is 2. The lowest BCUT2D eigenvalue weighted by Gasteiger charge is -2.03. The molecule has 98 valence electrons. The normalized spacial score (nSPS) is 11.3. The summed E-state index contributed by atoms with van der Waals surface area (Å²) < 4.78 is 2.21. The van der Waals surface area contributed by atoms with Gasteiger partial charge >= 0.3 is 0 Å². The molecule has 3 heterocycles. The summed E-state index contributed by atoms with van der Waals surface area (Å²) in [5.41, 5.74) is 12.1. The van der Waals surface area contributed by atoms with E-state index >= 15 is 0 Å². The second-order valence-electron chi connectivity index (χ2n) is 3.54. The van der Waals surface area contributed by atoms with Crippen molar-refractivity contribution in [2.24, 2.45) is 0 Å². The Bertz CT molecular complexity index is 765. The van der Waals surface area contributed by atoms with Crippen molar-refractivity contribution in [2.45, 2.75) is 4.90 Å². The van der Waals surface area contributed by atoms with Gasteiger partial charge in [-0.15, -0.1) is 28.2 Å². The van der Waals surface area contributed by atoms with E-state index in [1.807, 2.05) is 11.6 Å². The van der Waals surface area contributed by atoms with Crippen molar-refractivity contribution in [3.05, 3.63) is 10.7 Å². The molecule has 3 aromatic heterocycles. The minimum atomic E-state index is 0.0852. The highest BCUT2D eigenvalue weighted by Crippen LogP contribution is 2.34. The summed E-state index contributed by atoms with van der Waals surface area (Å²) in [5, 5.41) is 6.13. The van der Waals surface area contributed by atoms with Crippen molar-refractivity contribution in [3.8, 4) is 5.82 Å². The van der Waals surface area contributed by atoms with Gasteiger partial charge in [0.15, 0.2) is 5.82 Å². The van der Waals surface area contributed by atoms with E-state index in [1.165, 1.54) is 16.0 Å². The van der Waals surface area contributed by atoms with Crippen LogP contribution in [0.15, 0.2) is 10.3 Å². The number of hydrogen-bond acceptors (Lipinski definition) is 8. The van der Waals surface area contributed by atoms with Crippen LogP contribution in [0.4, 0.5) is 11.9 Å². The fourth-order valence-corrected chi connectivity index (χ4v) is 3.58. The zero-order chi connectivity index (χ0) is 13.6. The fourth-order valence-electron chi connectivity index (χ4n) is 1.64. The molecule has 3 rings (SSSR count). The Morgan fingerprint density at radius 1 is 1.32 bits per heavy atom.